The van der Waals surface area contributed by atoms with Gasteiger partial charge < -0.3 is 28.8 Å². The summed E-state index contributed by atoms with van der Waals surface area (Å²) in [7, 11) is 3.51. The van der Waals surface area contributed by atoms with Gasteiger partial charge >= 0.3 is 5.97 Å². The topological polar surface area (TPSA) is 86.7 Å². The van der Waals surface area contributed by atoms with Crippen molar-refractivity contribution in [3.05, 3.63) is 41.5 Å². The van der Waals surface area contributed by atoms with Gasteiger partial charge in [-0.25, -0.2) is 0 Å². The molecule has 1 fully saturated rings. The second kappa shape index (κ2) is 7.28. The Morgan fingerprint density at radius 2 is 1.80 bits per heavy atom. The van der Waals surface area contributed by atoms with E-state index in [4.69, 9.17) is 23.7 Å². The van der Waals surface area contributed by atoms with Gasteiger partial charge in [-0.3, -0.25) is 9.69 Å². The summed E-state index contributed by atoms with van der Waals surface area (Å²) >= 11 is 0. The number of rotatable bonds is 4. The highest BCUT2D eigenvalue weighted by molar-refractivity contribution is 5.74. The molecule has 3 aliphatic rings. The third kappa shape index (κ3) is 2.99. The molecule has 1 saturated heterocycles. The van der Waals surface area contributed by atoms with Crippen LogP contribution in [-0.4, -0.2) is 56.7 Å². The molecule has 2 aromatic carbocycles. The fourth-order valence-corrected chi connectivity index (χ4v) is 4.72. The number of carboxylic acids is 1. The van der Waals surface area contributed by atoms with Crippen LogP contribution in [-0.2, 0) is 4.79 Å². The highest BCUT2D eigenvalue weighted by Crippen LogP contribution is 2.50. The Morgan fingerprint density at radius 1 is 1.03 bits per heavy atom. The van der Waals surface area contributed by atoms with Crippen molar-refractivity contribution in [3.8, 4) is 28.7 Å². The number of fused-ring (bicyclic) bond motifs is 2. The van der Waals surface area contributed by atoms with Crippen molar-refractivity contribution < 1.29 is 33.6 Å². The summed E-state index contributed by atoms with van der Waals surface area (Å²) < 4.78 is 27.8. The molecule has 3 heterocycles. The zero-order valence-corrected chi connectivity index (χ0v) is 16.8. The number of likely N-dealkylation sites (N-methyl/N-ethyl adjacent to an activating group) is 1. The largest absolute Gasteiger partial charge is 0.493 e. The highest BCUT2D eigenvalue weighted by atomic mass is 16.7. The van der Waals surface area contributed by atoms with E-state index >= 15 is 0 Å². The number of ether oxygens (including phenoxy) is 5. The third-order valence-corrected chi connectivity index (χ3v) is 6.03. The number of aliphatic carboxylic acids is 1. The number of methoxy groups -OCH3 is 1. The minimum Gasteiger partial charge on any atom is -0.493 e. The quantitative estimate of drug-likeness (QED) is 0.819. The smallest absolute Gasteiger partial charge is 0.309 e. The zero-order chi connectivity index (χ0) is 20.8. The Kier molecular flexibility index (Phi) is 4.58. The molecule has 158 valence electrons. The Bertz CT molecular complexity index is 992. The van der Waals surface area contributed by atoms with Crippen molar-refractivity contribution in [2.24, 2.45) is 5.92 Å². The second-order valence-corrected chi connectivity index (χ2v) is 7.71. The average molecular weight is 413 g/mol. The molecule has 0 aromatic heterocycles. The molecule has 2 aromatic rings. The maximum Gasteiger partial charge on any atom is 0.309 e. The zero-order valence-electron chi connectivity index (χ0n) is 16.8. The van der Waals surface area contributed by atoms with Crippen molar-refractivity contribution in [2.45, 2.75) is 12.0 Å². The molecule has 3 unspecified atom stereocenters. The van der Waals surface area contributed by atoms with E-state index < -0.39 is 11.9 Å². The summed E-state index contributed by atoms with van der Waals surface area (Å²) in [5, 5.41) is 10.2. The first-order valence-corrected chi connectivity index (χ1v) is 9.87. The first-order valence-electron chi connectivity index (χ1n) is 9.87. The van der Waals surface area contributed by atoms with Crippen LogP contribution in [0, 0.1) is 5.92 Å². The molecule has 5 rings (SSSR count). The Morgan fingerprint density at radius 3 is 2.57 bits per heavy atom. The van der Waals surface area contributed by atoms with Gasteiger partial charge in [-0.15, -0.1) is 0 Å². The van der Waals surface area contributed by atoms with E-state index in [2.05, 4.69) is 4.90 Å². The summed E-state index contributed by atoms with van der Waals surface area (Å²) in [5.74, 6) is 1.30. The lowest BCUT2D eigenvalue weighted by atomic mass is 9.82. The van der Waals surface area contributed by atoms with Crippen molar-refractivity contribution in [1.82, 2.24) is 4.90 Å². The number of carbonyl (C=O) groups is 1. The van der Waals surface area contributed by atoms with E-state index in [-0.39, 0.29) is 18.8 Å². The third-order valence-electron chi connectivity index (χ3n) is 6.03. The fourth-order valence-electron chi connectivity index (χ4n) is 4.72. The fraction of sp³-hybridized carbons (Fsp3) is 0.409. The van der Waals surface area contributed by atoms with Crippen LogP contribution in [0.15, 0.2) is 30.3 Å². The predicted molar refractivity (Wildman–Crippen MR) is 106 cm³/mol. The molecule has 0 aliphatic carbocycles. The van der Waals surface area contributed by atoms with Crippen LogP contribution in [0.4, 0.5) is 0 Å². The maximum absolute atomic E-state index is 12.4. The van der Waals surface area contributed by atoms with Gasteiger partial charge in [0.15, 0.2) is 23.0 Å². The van der Waals surface area contributed by atoms with Crippen LogP contribution in [0.1, 0.15) is 23.1 Å². The minimum absolute atomic E-state index is 0.127. The van der Waals surface area contributed by atoms with E-state index in [1.807, 2.05) is 37.4 Å². The lowest BCUT2D eigenvalue weighted by molar-refractivity contribution is -0.143. The van der Waals surface area contributed by atoms with Gasteiger partial charge in [0, 0.05) is 18.5 Å². The SMILES string of the molecule is COc1cc(C2CN(C)C(c3ccc4c(c3)OCCO4)C2C(=O)O)cc2c1OCO2. The van der Waals surface area contributed by atoms with Gasteiger partial charge in [-0.1, -0.05) is 6.07 Å². The molecule has 3 aliphatic heterocycles. The molecule has 0 amide bonds. The van der Waals surface area contributed by atoms with Crippen molar-refractivity contribution in [1.29, 1.82) is 0 Å². The summed E-state index contributed by atoms with van der Waals surface area (Å²) in [6, 6.07) is 9.09. The summed E-state index contributed by atoms with van der Waals surface area (Å²) in [5.41, 5.74) is 1.75. The first-order chi connectivity index (χ1) is 14.6. The second-order valence-electron chi connectivity index (χ2n) is 7.71. The molecule has 0 radical (unpaired) electrons. The number of benzene rings is 2. The molecule has 1 N–H and O–H groups in total. The van der Waals surface area contributed by atoms with Crippen LogP contribution in [0.5, 0.6) is 28.7 Å². The van der Waals surface area contributed by atoms with E-state index in [1.165, 1.54) is 0 Å². The lowest BCUT2D eigenvalue weighted by Crippen LogP contribution is -2.26. The molecule has 3 atom stereocenters. The van der Waals surface area contributed by atoms with Crippen LogP contribution < -0.4 is 23.7 Å². The molecule has 0 spiro atoms. The number of likely N-dealkylation sites (tertiary alicyclic amines) is 1. The Balaban J connectivity index is 1.53. The first kappa shape index (κ1) is 18.9. The molecule has 0 saturated carbocycles. The van der Waals surface area contributed by atoms with Crippen molar-refractivity contribution in [3.63, 3.8) is 0 Å². The molecule has 8 nitrogen and oxygen atoms in total. The van der Waals surface area contributed by atoms with Gasteiger partial charge in [0.2, 0.25) is 12.5 Å². The number of nitrogens with zero attached hydrogens (tertiary/aromatic N) is 1. The van der Waals surface area contributed by atoms with Crippen LogP contribution in [0.25, 0.3) is 0 Å². The van der Waals surface area contributed by atoms with E-state index in [1.54, 1.807) is 7.11 Å². The summed E-state index contributed by atoms with van der Waals surface area (Å²) in [4.78, 5) is 14.5. The van der Waals surface area contributed by atoms with Crippen LogP contribution in [0.3, 0.4) is 0 Å². The molecular formula is C22H23NO7. The number of hydrogen-bond donors (Lipinski definition) is 1. The van der Waals surface area contributed by atoms with Gasteiger partial charge in [-0.05, 0) is 42.4 Å². The number of hydrogen-bond acceptors (Lipinski definition) is 7. The monoisotopic (exact) mass is 413 g/mol. The standard InChI is InChI=1S/C22H23NO7/c1-23-10-14(13-8-17(26-2)21-18(9-13)29-11-30-21)19(22(24)25)20(23)12-3-4-15-16(7-12)28-6-5-27-15/h3-4,7-9,14,19-20H,5-6,10-11H2,1-2H3,(H,24,25). The Labute approximate surface area is 173 Å². The lowest BCUT2D eigenvalue weighted by Gasteiger charge is -2.26. The molecule has 30 heavy (non-hydrogen) atoms. The van der Waals surface area contributed by atoms with Crippen LogP contribution in [0.2, 0.25) is 0 Å². The number of carboxylic acid groups (broad SMARTS) is 1. The van der Waals surface area contributed by atoms with Gasteiger partial charge in [-0.2, -0.15) is 0 Å². The van der Waals surface area contributed by atoms with Crippen molar-refractivity contribution in [2.75, 3.05) is 40.7 Å². The Hall–Kier alpha value is -3.13. The van der Waals surface area contributed by atoms with Gasteiger partial charge in [0.25, 0.3) is 0 Å². The van der Waals surface area contributed by atoms with E-state index in [0.717, 1.165) is 11.1 Å². The maximum atomic E-state index is 12.4. The molecule has 8 heteroatoms. The minimum atomic E-state index is -0.846. The average Bonchev–Trinajstić information content (AvgIpc) is 3.36. The molecular weight excluding hydrogens is 390 g/mol. The van der Waals surface area contributed by atoms with Gasteiger partial charge in [0.1, 0.15) is 13.2 Å². The van der Waals surface area contributed by atoms with Crippen molar-refractivity contribution >= 4 is 5.97 Å². The normalized spacial score (nSPS) is 24.7. The van der Waals surface area contributed by atoms with Crippen LogP contribution >= 0.6 is 0 Å². The predicted octanol–water partition coefficient (Wildman–Crippen LogP) is 2.67. The summed E-state index contributed by atoms with van der Waals surface area (Å²) in [6.45, 7) is 1.71. The summed E-state index contributed by atoms with van der Waals surface area (Å²) in [6.07, 6.45) is 0. The van der Waals surface area contributed by atoms with Gasteiger partial charge in [0.05, 0.1) is 13.0 Å². The molecule has 0 bridgehead atoms. The van der Waals surface area contributed by atoms with E-state index in [0.29, 0.717) is 48.5 Å². The highest BCUT2D eigenvalue weighted by Gasteiger charge is 2.46. The van der Waals surface area contributed by atoms with E-state index in [9.17, 15) is 9.90 Å².